The van der Waals surface area contributed by atoms with E-state index >= 15 is 0 Å². The van der Waals surface area contributed by atoms with Crippen LogP contribution < -0.4 is 0 Å². The Morgan fingerprint density at radius 2 is 2.04 bits per heavy atom. The molecule has 0 radical (unpaired) electrons. The molecule has 0 heterocycles. The second-order valence-electron chi connectivity index (χ2n) is 6.84. The summed E-state index contributed by atoms with van der Waals surface area (Å²) in [5.74, 6) is -1.04. The lowest BCUT2D eigenvalue weighted by Crippen LogP contribution is -2.14. The molecule has 1 unspecified atom stereocenters. The lowest BCUT2D eigenvalue weighted by atomic mass is 9.94. The van der Waals surface area contributed by atoms with E-state index in [4.69, 9.17) is 5.11 Å². The lowest BCUT2D eigenvalue weighted by Gasteiger charge is -2.14. The standard InChI is InChI=1S/C20H32O5/c1-2-3-6-9-15(21)12-13-17-16(18(22)14-19(17)23)10-7-4-5-8-11-20(24)25/h4,7,13,15-16,18,21-22H,2-3,5-6,8-12,14H2,1H3,(H,24,25)/t15-,16+,18?/m0/s1. The quantitative estimate of drug-likeness (QED) is 0.284. The van der Waals surface area contributed by atoms with E-state index in [0.717, 1.165) is 25.7 Å². The molecule has 25 heavy (non-hydrogen) atoms. The average Bonchev–Trinajstić information content (AvgIpc) is 2.82. The molecule has 1 saturated carbocycles. The fourth-order valence-electron chi connectivity index (χ4n) is 3.16. The summed E-state index contributed by atoms with van der Waals surface area (Å²) in [4.78, 5) is 22.5. The molecule has 5 nitrogen and oxygen atoms in total. The van der Waals surface area contributed by atoms with E-state index in [1.165, 1.54) is 0 Å². The molecule has 1 aliphatic rings. The zero-order valence-corrected chi connectivity index (χ0v) is 15.2. The Balaban J connectivity index is 2.49. The normalized spacial score (nSPS) is 23.6. The number of hydrogen-bond donors (Lipinski definition) is 3. The Morgan fingerprint density at radius 3 is 2.72 bits per heavy atom. The van der Waals surface area contributed by atoms with Gasteiger partial charge < -0.3 is 15.3 Å². The maximum Gasteiger partial charge on any atom is 0.303 e. The molecule has 142 valence electrons. The Bertz CT molecular complexity index is 480. The van der Waals surface area contributed by atoms with Crippen molar-refractivity contribution in [2.24, 2.45) is 5.92 Å². The van der Waals surface area contributed by atoms with Gasteiger partial charge >= 0.3 is 5.97 Å². The molecule has 1 aliphatic carbocycles. The number of aliphatic hydroxyl groups excluding tert-OH is 2. The molecule has 1 fully saturated rings. The van der Waals surface area contributed by atoms with Crippen molar-refractivity contribution in [3.63, 3.8) is 0 Å². The lowest BCUT2D eigenvalue weighted by molar-refractivity contribution is -0.137. The van der Waals surface area contributed by atoms with Gasteiger partial charge in [-0.2, -0.15) is 0 Å². The first-order valence-corrected chi connectivity index (χ1v) is 9.41. The van der Waals surface area contributed by atoms with Crippen LogP contribution in [0.25, 0.3) is 0 Å². The van der Waals surface area contributed by atoms with Gasteiger partial charge in [0.1, 0.15) is 0 Å². The Morgan fingerprint density at radius 1 is 1.28 bits per heavy atom. The van der Waals surface area contributed by atoms with Crippen molar-refractivity contribution < 1.29 is 24.9 Å². The number of unbranched alkanes of at least 4 members (excludes halogenated alkanes) is 3. The third kappa shape index (κ3) is 8.45. The van der Waals surface area contributed by atoms with Gasteiger partial charge in [0.2, 0.25) is 0 Å². The molecule has 0 aromatic carbocycles. The van der Waals surface area contributed by atoms with Crippen LogP contribution in [0.4, 0.5) is 0 Å². The zero-order valence-electron chi connectivity index (χ0n) is 15.2. The van der Waals surface area contributed by atoms with Crippen molar-refractivity contribution in [2.45, 2.75) is 83.3 Å². The molecule has 5 heteroatoms. The van der Waals surface area contributed by atoms with Gasteiger partial charge in [-0.05, 0) is 37.7 Å². The highest BCUT2D eigenvalue weighted by Crippen LogP contribution is 2.32. The number of carboxylic acids is 1. The van der Waals surface area contributed by atoms with Crippen LogP contribution in [-0.2, 0) is 9.59 Å². The number of carboxylic acid groups (broad SMARTS) is 1. The molecule has 0 bridgehead atoms. The smallest absolute Gasteiger partial charge is 0.303 e. The highest BCUT2D eigenvalue weighted by atomic mass is 16.4. The van der Waals surface area contributed by atoms with Crippen LogP contribution in [0, 0.1) is 5.92 Å². The minimum atomic E-state index is -0.798. The zero-order chi connectivity index (χ0) is 18.7. The molecule has 0 aromatic rings. The highest BCUT2D eigenvalue weighted by Gasteiger charge is 2.35. The van der Waals surface area contributed by atoms with E-state index in [0.29, 0.717) is 31.3 Å². The summed E-state index contributed by atoms with van der Waals surface area (Å²) in [5, 5.41) is 28.7. The average molecular weight is 352 g/mol. The fourth-order valence-corrected chi connectivity index (χ4v) is 3.16. The molecule has 0 saturated heterocycles. The molecule has 3 N–H and O–H groups in total. The molecule has 1 rings (SSSR count). The third-order valence-electron chi connectivity index (χ3n) is 4.65. The van der Waals surface area contributed by atoms with Crippen LogP contribution in [0.1, 0.15) is 71.1 Å². The van der Waals surface area contributed by atoms with Crippen LogP contribution in [0.2, 0.25) is 0 Å². The summed E-state index contributed by atoms with van der Waals surface area (Å²) in [6, 6.07) is 0. The van der Waals surface area contributed by atoms with Crippen molar-refractivity contribution >= 4 is 11.8 Å². The number of aliphatic hydroxyl groups is 2. The number of carbonyl (C=O) groups is 2. The van der Waals surface area contributed by atoms with Gasteiger partial charge in [0.05, 0.1) is 12.2 Å². The maximum absolute atomic E-state index is 12.1. The fraction of sp³-hybridized carbons (Fsp3) is 0.700. The molecule has 0 aliphatic heterocycles. The number of aliphatic carboxylic acids is 1. The maximum atomic E-state index is 12.1. The predicted molar refractivity (Wildman–Crippen MR) is 97.2 cm³/mol. The summed E-state index contributed by atoms with van der Waals surface area (Å²) in [5.41, 5.74) is 0.636. The first kappa shape index (κ1) is 21.6. The van der Waals surface area contributed by atoms with Crippen LogP contribution in [-0.4, -0.2) is 39.3 Å². The topological polar surface area (TPSA) is 94.8 Å². The van der Waals surface area contributed by atoms with Crippen LogP contribution in [0.5, 0.6) is 0 Å². The van der Waals surface area contributed by atoms with Crippen molar-refractivity contribution in [2.75, 3.05) is 0 Å². The van der Waals surface area contributed by atoms with Gasteiger partial charge in [0.25, 0.3) is 0 Å². The summed E-state index contributed by atoms with van der Waals surface area (Å²) >= 11 is 0. The second-order valence-corrected chi connectivity index (χ2v) is 6.84. The van der Waals surface area contributed by atoms with Gasteiger partial charge in [-0.25, -0.2) is 0 Å². The van der Waals surface area contributed by atoms with Crippen molar-refractivity contribution in [1.82, 2.24) is 0 Å². The van der Waals surface area contributed by atoms with E-state index in [2.05, 4.69) is 6.92 Å². The van der Waals surface area contributed by atoms with Crippen LogP contribution >= 0.6 is 0 Å². The van der Waals surface area contributed by atoms with Gasteiger partial charge in [-0.15, -0.1) is 0 Å². The number of Topliss-reactive ketones (excluding diaryl/α,β-unsaturated/α-hetero) is 1. The summed E-state index contributed by atoms with van der Waals surface area (Å²) in [7, 11) is 0. The van der Waals surface area contributed by atoms with Crippen molar-refractivity contribution in [1.29, 1.82) is 0 Å². The number of carbonyl (C=O) groups excluding carboxylic acids is 1. The van der Waals surface area contributed by atoms with E-state index in [1.807, 2.05) is 12.2 Å². The number of ketones is 1. The van der Waals surface area contributed by atoms with Crippen LogP contribution in [0.3, 0.4) is 0 Å². The predicted octanol–water partition coefficient (Wildman–Crippen LogP) is 3.40. The second kappa shape index (κ2) is 12.0. The largest absolute Gasteiger partial charge is 0.481 e. The summed E-state index contributed by atoms with van der Waals surface area (Å²) < 4.78 is 0. The number of rotatable bonds is 12. The van der Waals surface area contributed by atoms with E-state index in [9.17, 15) is 19.8 Å². The third-order valence-corrected chi connectivity index (χ3v) is 4.65. The molecular weight excluding hydrogens is 320 g/mol. The summed E-state index contributed by atoms with van der Waals surface area (Å²) in [6.07, 6.45) is 11.1. The van der Waals surface area contributed by atoms with Gasteiger partial charge in [-0.3, -0.25) is 9.59 Å². The Kier molecular flexibility index (Phi) is 10.3. The van der Waals surface area contributed by atoms with E-state index in [1.54, 1.807) is 6.08 Å². The first-order chi connectivity index (χ1) is 12.0. The van der Waals surface area contributed by atoms with Gasteiger partial charge in [0.15, 0.2) is 5.78 Å². The van der Waals surface area contributed by atoms with Crippen LogP contribution in [0.15, 0.2) is 23.8 Å². The Labute approximate surface area is 150 Å². The molecule has 0 aromatic heterocycles. The number of hydrogen-bond acceptors (Lipinski definition) is 4. The summed E-state index contributed by atoms with van der Waals surface area (Å²) in [6.45, 7) is 2.12. The SMILES string of the molecule is CCCCC[C@H](O)CC=C1C(=O)CC(O)[C@@H]1CC=CCCCC(=O)O. The monoisotopic (exact) mass is 352 g/mol. The van der Waals surface area contributed by atoms with E-state index in [-0.39, 0.29) is 24.5 Å². The van der Waals surface area contributed by atoms with Crippen molar-refractivity contribution in [3.05, 3.63) is 23.8 Å². The first-order valence-electron chi connectivity index (χ1n) is 9.41. The molecule has 3 atom stereocenters. The molecule has 0 spiro atoms. The molecular formula is C20H32O5. The Hall–Kier alpha value is -1.46. The van der Waals surface area contributed by atoms with Crippen molar-refractivity contribution in [3.8, 4) is 0 Å². The highest BCUT2D eigenvalue weighted by molar-refractivity contribution is 5.98. The molecule has 0 amide bonds. The minimum absolute atomic E-state index is 0.0301. The van der Waals surface area contributed by atoms with Gasteiger partial charge in [0, 0.05) is 18.8 Å². The number of allylic oxidation sites excluding steroid dienone is 2. The van der Waals surface area contributed by atoms with Gasteiger partial charge in [-0.1, -0.05) is 44.4 Å². The minimum Gasteiger partial charge on any atom is -0.481 e. The van der Waals surface area contributed by atoms with E-state index < -0.39 is 18.2 Å².